The minimum absolute atomic E-state index is 0.206. The fourth-order valence-electron chi connectivity index (χ4n) is 3.61. The summed E-state index contributed by atoms with van der Waals surface area (Å²) in [6, 6.07) is 17.7. The number of nitrogens with one attached hydrogen (secondary N) is 2. The number of benzene rings is 2. The van der Waals surface area contributed by atoms with Crippen LogP contribution in [0.15, 0.2) is 65.6 Å². The van der Waals surface area contributed by atoms with Crippen molar-refractivity contribution in [1.29, 1.82) is 0 Å². The predicted octanol–water partition coefficient (Wildman–Crippen LogP) is 3.09. The lowest BCUT2D eigenvalue weighted by atomic mass is 9.93. The molecule has 0 saturated carbocycles. The molecule has 1 aliphatic heterocycles. The van der Waals surface area contributed by atoms with Gasteiger partial charge in [-0.1, -0.05) is 36.4 Å². The highest BCUT2D eigenvalue weighted by Gasteiger charge is 2.21. The Kier molecular flexibility index (Phi) is 4.05. The normalized spacial score (nSPS) is 15.8. The van der Waals surface area contributed by atoms with Crippen molar-refractivity contribution in [2.75, 3.05) is 18.5 Å². The molecule has 0 amide bonds. The molecule has 0 fully saturated rings. The zero-order valence-corrected chi connectivity index (χ0v) is 15.1. The number of para-hydroxylation sites is 2. The van der Waals surface area contributed by atoms with Crippen molar-refractivity contribution < 1.29 is 4.74 Å². The van der Waals surface area contributed by atoms with Gasteiger partial charge in [0.05, 0.1) is 18.5 Å². The number of ether oxygens (including phenoxy) is 1. The number of aromatic nitrogens is 4. The smallest absolute Gasteiger partial charge is 0.263 e. The number of anilines is 1. The second-order valence-electron chi connectivity index (χ2n) is 6.80. The lowest BCUT2D eigenvalue weighted by Crippen LogP contribution is -2.22. The van der Waals surface area contributed by atoms with Gasteiger partial charge in [-0.2, -0.15) is 10.1 Å². The molecule has 0 bridgehead atoms. The molecule has 2 N–H and O–H groups in total. The molecule has 7 nitrogen and oxygen atoms in total. The lowest BCUT2D eigenvalue weighted by molar-refractivity contribution is 0.270. The van der Waals surface area contributed by atoms with Gasteiger partial charge >= 0.3 is 0 Å². The molecule has 1 aliphatic rings. The SMILES string of the molecule is O=c1[nH]c(NCC2CCOc3ccccc32)nc2c1cnn2-c1ccccc1. The molecule has 0 radical (unpaired) electrons. The maximum atomic E-state index is 12.5. The van der Waals surface area contributed by atoms with Crippen LogP contribution in [0.1, 0.15) is 17.9 Å². The highest BCUT2D eigenvalue weighted by Crippen LogP contribution is 2.33. The average Bonchev–Trinajstić information content (AvgIpc) is 3.17. The average molecular weight is 373 g/mol. The third-order valence-electron chi connectivity index (χ3n) is 5.04. The van der Waals surface area contributed by atoms with E-state index in [1.165, 1.54) is 5.56 Å². The molecule has 7 heteroatoms. The van der Waals surface area contributed by atoms with E-state index in [-0.39, 0.29) is 5.56 Å². The van der Waals surface area contributed by atoms with Gasteiger partial charge in [0, 0.05) is 12.5 Å². The van der Waals surface area contributed by atoms with E-state index in [2.05, 4.69) is 26.4 Å². The first-order chi connectivity index (χ1) is 13.8. The summed E-state index contributed by atoms with van der Waals surface area (Å²) in [6.45, 7) is 1.35. The van der Waals surface area contributed by atoms with Gasteiger partial charge in [-0.25, -0.2) is 4.68 Å². The molecule has 4 aromatic rings. The summed E-state index contributed by atoms with van der Waals surface area (Å²) in [7, 11) is 0. The van der Waals surface area contributed by atoms with Crippen molar-refractivity contribution in [2.45, 2.75) is 12.3 Å². The monoisotopic (exact) mass is 373 g/mol. The van der Waals surface area contributed by atoms with Crippen molar-refractivity contribution >= 4 is 17.0 Å². The lowest BCUT2D eigenvalue weighted by Gasteiger charge is -2.26. The second kappa shape index (κ2) is 6.84. The first kappa shape index (κ1) is 16.6. The highest BCUT2D eigenvalue weighted by atomic mass is 16.5. The topological polar surface area (TPSA) is 84.8 Å². The van der Waals surface area contributed by atoms with E-state index in [4.69, 9.17) is 4.74 Å². The van der Waals surface area contributed by atoms with Gasteiger partial charge in [-0.15, -0.1) is 0 Å². The number of H-pyrrole nitrogens is 1. The Morgan fingerprint density at radius 3 is 2.86 bits per heavy atom. The molecule has 28 heavy (non-hydrogen) atoms. The Balaban J connectivity index is 1.45. The third-order valence-corrected chi connectivity index (χ3v) is 5.04. The zero-order chi connectivity index (χ0) is 18.9. The summed E-state index contributed by atoms with van der Waals surface area (Å²) >= 11 is 0. The van der Waals surface area contributed by atoms with Gasteiger partial charge in [0.25, 0.3) is 5.56 Å². The van der Waals surface area contributed by atoms with Crippen molar-refractivity contribution in [3.8, 4) is 11.4 Å². The molecular weight excluding hydrogens is 354 g/mol. The fourth-order valence-corrected chi connectivity index (χ4v) is 3.61. The van der Waals surface area contributed by atoms with Crippen LogP contribution in [0.4, 0.5) is 5.95 Å². The number of nitrogens with zero attached hydrogens (tertiary/aromatic N) is 3. The fraction of sp³-hybridized carbons (Fsp3) is 0.190. The van der Waals surface area contributed by atoms with Gasteiger partial charge in [0.1, 0.15) is 11.1 Å². The van der Waals surface area contributed by atoms with Crippen molar-refractivity contribution in [2.24, 2.45) is 0 Å². The second-order valence-corrected chi connectivity index (χ2v) is 6.80. The maximum absolute atomic E-state index is 12.5. The number of fused-ring (bicyclic) bond motifs is 2. The molecule has 1 unspecified atom stereocenters. The molecule has 0 saturated heterocycles. The van der Waals surface area contributed by atoms with Crippen LogP contribution in [0, 0.1) is 0 Å². The molecule has 2 aromatic carbocycles. The Hall–Kier alpha value is -3.61. The standard InChI is InChI=1S/C21H19N5O2/c27-20-17-13-23-26(15-6-2-1-3-7-15)19(17)24-21(25-20)22-12-14-10-11-28-18-9-5-4-8-16(14)18/h1-9,13-14H,10-12H2,(H2,22,24,25,27). The third kappa shape index (κ3) is 2.90. The minimum Gasteiger partial charge on any atom is -0.493 e. The summed E-state index contributed by atoms with van der Waals surface area (Å²) in [6.07, 6.45) is 2.46. The summed E-state index contributed by atoms with van der Waals surface area (Å²) in [4.78, 5) is 19.9. The molecule has 5 rings (SSSR count). The Morgan fingerprint density at radius 2 is 1.96 bits per heavy atom. The van der Waals surface area contributed by atoms with Crippen LogP contribution in [-0.4, -0.2) is 32.9 Å². The van der Waals surface area contributed by atoms with Crippen LogP contribution in [0.25, 0.3) is 16.7 Å². The molecule has 0 spiro atoms. The summed E-state index contributed by atoms with van der Waals surface area (Å²) < 4.78 is 7.40. The Labute approximate surface area is 161 Å². The van der Waals surface area contributed by atoms with E-state index in [0.29, 0.717) is 36.1 Å². The van der Waals surface area contributed by atoms with E-state index in [1.807, 2.05) is 48.5 Å². The molecule has 3 heterocycles. The Morgan fingerprint density at radius 1 is 1.14 bits per heavy atom. The van der Waals surface area contributed by atoms with Crippen molar-refractivity contribution in [3.63, 3.8) is 0 Å². The van der Waals surface area contributed by atoms with Gasteiger partial charge < -0.3 is 10.1 Å². The van der Waals surface area contributed by atoms with Crippen LogP contribution < -0.4 is 15.6 Å². The zero-order valence-electron chi connectivity index (χ0n) is 15.1. The largest absolute Gasteiger partial charge is 0.493 e. The number of aromatic amines is 1. The maximum Gasteiger partial charge on any atom is 0.263 e. The molecule has 140 valence electrons. The molecular formula is C21H19N5O2. The number of rotatable bonds is 4. The van der Waals surface area contributed by atoms with Crippen molar-refractivity contribution in [3.05, 3.63) is 76.7 Å². The van der Waals surface area contributed by atoms with E-state index >= 15 is 0 Å². The van der Waals surface area contributed by atoms with Crippen LogP contribution in [-0.2, 0) is 0 Å². The summed E-state index contributed by atoms with van der Waals surface area (Å²) in [5, 5.41) is 8.09. The van der Waals surface area contributed by atoms with Gasteiger partial charge in [0.15, 0.2) is 5.65 Å². The van der Waals surface area contributed by atoms with Gasteiger partial charge in [-0.05, 0) is 30.2 Å². The van der Waals surface area contributed by atoms with E-state index in [1.54, 1.807) is 10.9 Å². The first-order valence-corrected chi connectivity index (χ1v) is 9.28. The Bertz CT molecular complexity index is 1180. The summed E-state index contributed by atoms with van der Waals surface area (Å²) in [5.41, 5.74) is 2.37. The van der Waals surface area contributed by atoms with Crippen molar-refractivity contribution in [1.82, 2.24) is 19.7 Å². The molecule has 2 aromatic heterocycles. The van der Waals surface area contributed by atoms with Crippen LogP contribution in [0.2, 0.25) is 0 Å². The van der Waals surface area contributed by atoms with Crippen LogP contribution >= 0.6 is 0 Å². The quantitative estimate of drug-likeness (QED) is 0.574. The molecule has 0 aliphatic carbocycles. The van der Waals surface area contributed by atoms with E-state index in [0.717, 1.165) is 17.9 Å². The number of hydrogen-bond donors (Lipinski definition) is 2. The van der Waals surface area contributed by atoms with Crippen LogP contribution in [0.3, 0.4) is 0 Å². The van der Waals surface area contributed by atoms with Crippen LogP contribution in [0.5, 0.6) is 5.75 Å². The number of hydrogen-bond acceptors (Lipinski definition) is 5. The highest BCUT2D eigenvalue weighted by molar-refractivity contribution is 5.76. The van der Waals surface area contributed by atoms with E-state index < -0.39 is 0 Å². The van der Waals surface area contributed by atoms with Gasteiger partial charge in [-0.3, -0.25) is 9.78 Å². The van der Waals surface area contributed by atoms with E-state index in [9.17, 15) is 4.79 Å². The molecule has 1 atom stereocenters. The minimum atomic E-state index is -0.206. The van der Waals surface area contributed by atoms with Gasteiger partial charge in [0.2, 0.25) is 5.95 Å². The summed E-state index contributed by atoms with van der Waals surface area (Å²) in [5.74, 6) is 1.67. The predicted molar refractivity (Wildman–Crippen MR) is 107 cm³/mol. The first-order valence-electron chi connectivity index (χ1n) is 9.28.